The third-order valence-electron chi connectivity index (χ3n) is 4.66. The molecule has 0 unspecified atom stereocenters. The zero-order valence-corrected chi connectivity index (χ0v) is 16.8. The molecule has 6 heteroatoms. The molecule has 1 saturated heterocycles. The first-order valence-corrected chi connectivity index (χ1v) is 11.0. The van der Waals surface area contributed by atoms with Crippen molar-refractivity contribution in [3.63, 3.8) is 0 Å². The fourth-order valence-electron chi connectivity index (χ4n) is 3.11. The number of carbonyl (C=O) groups is 1. The van der Waals surface area contributed by atoms with Crippen LogP contribution in [0.3, 0.4) is 0 Å². The molecule has 0 bridgehead atoms. The van der Waals surface area contributed by atoms with Crippen LogP contribution in [0.1, 0.15) is 5.56 Å². The van der Waals surface area contributed by atoms with Crippen molar-refractivity contribution in [1.82, 2.24) is 9.88 Å². The molecule has 0 saturated carbocycles. The van der Waals surface area contributed by atoms with Crippen LogP contribution in [0.25, 0.3) is 16.3 Å². The smallest absolute Gasteiger partial charge is 0.246 e. The van der Waals surface area contributed by atoms with Crippen LogP contribution in [0.4, 0.5) is 5.13 Å². The Bertz CT molecular complexity index is 960. The van der Waals surface area contributed by atoms with Crippen molar-refractivity contribution < 1.29 is 4.79 Å². The van der Waals surface area contributed by atoms with E-state index >= 15 is 0 Å². The highest BCUT2D eigenvalue weighted by Crippen LogP contribution is 2.32. The summed E-state index contributed by atoms with van der Waals surface area (Å²) < 4.78 is 1.22. The largest absolute Gasteiger partial charge is 0.345 e. The second-order valence-corrected chi connectivity index (χ2v) is 8.28. The number of thioether (sulfide) groups is 1. The van der Waals surface area contributed by atoms with Gasteiger partial charge >= 0.3 is 0 Å². The maximum Gasteiger partial charge on any atom is 0.246 e. The van der Waals surface area contributed by atoms with E-state index in [0.29, 0.717) is 0 Å². The Labute approximate surface area is 167 Å². The van der Waals surface area contributed by atoms with Crippen LogP contribution in [0, 0.1) is 0 Å². The van der Waals surface area contributed by atoms with Crippen molar-refractivity contribution in [3.05, 3.63) is 60.2 Å². The van der Waals surface area contributed by atoms with Crippen LogP contribution < -0.4 is 4.90 Å². The van der Waals surface area contributed by atoms with Crippen molar-refractivity contribution in [2.45, 2.75) is 4.90 Å². The summed E-state index contributed by atoms with van der Waals surface area (Å²) in [6.45, 7) is 3.09. The Balaban J connectivity index is 1.38. The minimum Gasteiger partial charge on any atom is -0.345 e. The Morgan fingerprint density at radius 3 is 2.63 bits per heavy atom. The molecule has 138 valence electrons. The average Bonchev–Trinajstić information content (AvgIpc) is 3.16. The zero-order valence-electron chi connectivity index (χ0n) is 15.2. The first-order chi connectivity index (χ1) is 13.2. The van der Waals surface area contributed by atoms with Gasteiger partial charge in [0.25, 0.3) is 0 Å². The number of hydrogen-bond donors (Lipinski definition) is 0. The number of thiazole rings is 1. The molecule has 4 nitrogen and oxygen atoms in total. The van der Waals surface area contributed by atoms with Crippen molar-refractivity contribution in [3.8, 4) is 0 Å². The molecule has 1 aliphatic heterocycles. The van der Waals surface area contributed by atoms with E-state index in [4.69, 9.17) is 4.98 Å². The summed E-state index contributed by atoms with van der Waals surface area (Å²) in [5.41, 5.74) is 2.10. The standard InChI is InChI=1S/C21H21N3OS2/c1-26-17-8-9-18-19(15-17)27-21(22-18)24-13-11-23(12-14-24)20(25)10-7-16-5-3-2-4-6-16/h2-10,15H,11-14H2,1H3. The topological polar surface area (TPSA) is 36.4 Å². The number of rotatable bonds is 4. The molecule has 0 N–H and O–H groups in total. The van der Waals surface area contributed by atoms with Gasteiger partial charge in [-0.1, -0.05) is 41.7 Å². The van der Waals surface area contributed by atoms with Crippen molar-refractivity contribution >= 4 is 50.4 Å². The fraction of sp³-hybridized carbons (Fsp3) is 0.238. The van der Waals surface area contributed by atoms with Gasteiger partial charge in [0.1, 0.15) is 0 Å². The Morgan fingerprint density at radius 1 is 1.11 bits per heavy atom. The SMILES string of the molecule is CSc1ccc2nc(N3CCN(C(=O)C=Cc4ccccc4)CC3)sc2c1. The van der Waals surface area contributed by atoms with E-state index in [1.165, 1.54) is 9.60 Å². The Hall–Kier alpha value is -2.31. The van der Waals surface area contributed by atoms with Crippen molar-refractivity contribution in [2.75, 3.05) is 37.3 Å². The van der Waals surface area contributed by atoms with Crippen LogP contribution in [0.15, 0.2) is 59.5 Å². The van der Waals surface area contributed by atoms with E-state index in [9.17, 15) is 4.79 Å². The predicted octanol–water partition coefficient (Wildman–Crippen LogP) is 4.38. The lowest BCUT2D eigenvalue weighted by molar-refractivity contribution is -0.126. The molecule has 0 aliphatic carbocycles. The lowest BCUT2D eigenvalue weighted by Crippen LogP contribution is -2.48. The fourth-order valence-corrected chi connectivity index (χ4v) is 4.68. The van der Waals surface area contributed by atoms with Gasteiger partial charge in [-0.2, -0.15) is 0 Å². The molecule has 0 atom stereocenters. The zero-order chi connectivity index (χ0) is 18.6. The van der Waals surface area contributed by atoms with Crippen molar-refractivity contribution in [1.29, 1.82) is 0 Å². The minimum atomic E-state index is 0.0763. The van der Waals surface area contributed by atoms with Crippen LogP contribution in [-0.4, -0.2) is 48.2 Å². The molecule has 2 heterocycles. The van der Waals surface area contributed by atoms with Crippen molar-refractivity contribution in [2.24, 2.45) is 0 Å². The number of aromatic nitrogens is 1. The second kappa shape index (κ2) is 8.15. The summed E-state index contributed by atoms with van der Waals surface area (Å²) in [5.74, 6) is 0.0763. The number of carbonyl (C=O) groups excluding carboxylic acids is 1. The van der Waals surface area contributed by atoms with Gasteiger partial charge < -0.3 is 9.80 Å². The second-order valence-electron chi connectivity index (χ2n) is 6.39. The number of fused-ring (bicyclic) bond motifs is 1. The van der Waals surface area contributed by atoms with Gasteiger partial charge in [-0.25, -0.2) is 4.98 Å². The Morgan fingerprint density at radius 2 is 1.89 bits per heavy atom. The highest BCUT2D eigenvalue weighted by atomic mass is 32.2. The Kier molecular flexibility index (Phi) is 5.45. The third kappa shape index (κ3) is 4.17. The lowest BCUT2D eigenvalue weighted by Gasteiger charge is -2.34. The van der Waals surface area contributed by atoms with Crippen LogP contribution in [-0.2, 0) is 4.79 Å². The van der Waals surface area contributed by atoms with Crippen LogP contribution in [0.5, 0.6) is 0 Å². The van der Waals surface area contributed by atoms with Gasteiger partial charge in [0.15, 0.2) is 5.13 Å². The molecule has 1 fully saturated rings. The molecule has 1 amide bonds. The molecule has 4 rings (SSSR count). The van der Waals surface area contributed by atoms with Gasteiger partial charge in [0.05, 0.1) is 10.2 Å². The summed E-state index contributed by atoms with van der Waals surface area (Å²) in [7, 11) is 0. The molecular formula is C21H21N3OS2. The molecule has 2 aromatic carbocycles. The summed E-state index contributed by atoms with van der Waals surface area (Å²) in [5, 5.41) is 1.05. The summed E-state index contributed by atoms with van der Waals surface area (Å²) in [6, 6.07) is 16.3. The summed E-state index contributed by atoms with van der Waals surface area (Å²) in [6.07, 6.45) is 5.64. The van der Waals surface area contributed by atoms with Gasteiger partial charge in [-0.15, -0.1) is 11.8 Å². The molecule has 3 aromatic rings. The highest BCUT2D eigenvalue weighted by Gasteiger charge is 2.22. The van der Waals surface area contributed by atoms with E-state index in [2.05, 4.69) is 29.4 Å². The first kappa shape index (κ1) is 18.1. The van der Waals surface area contributed by atoms with E-state index in [-0.39, 0.29) is 5.91 Å². The highest BCUT2D eigenvalue weighted by molar-refractivity contribution is 7.98. The molecule has 0 radical (unpaired) electrons. The van der Waals surface area contributed by atoms with Crippen LogP contribution in [0.2, 0.25) is 0 Å². The number of amides is 1. The monoisotopic (exact) mass is 395 g/mol. The quantitative estimate of drug-likeness (QED) is 0.485. The maximum atomic E-state index is 12.4. The van der Waals surface area contributed by atoms with E-state index in [1.807, 2.05) is 41.3 Å². The van der Waals surface area contributed by atoms with E-state index in [1.54, 1.807) is 29.2 Å². The van der Waals surface area contributed by atoms with E-state index in [0.717, 1.165) is 42.4 Å². The number of piperazine rings is 1. The molecule has 0 spiro atoms. The van der Waals surface area contributed by atoms with Gasteiger partial charge in [0, 0.05) is 37.2 Å². The average molecular weight is 396 g/mol. The van der Waals surface area contributed by atoms with E-state index < -0.39 is 0 Å². The third-order valence-corrected chi connectivity index (χ3v) is 6.47. The maximum absolute atomic E-state index is 12.4. The van der Waals surface area contributed by atoms with Gasteiger partial charge in [0.2, 0.25) is 5.91 Å². The molecular weight excluding hydrogens is 374 g/mol. The van der Waals surface area contributed by atoms with Crippen LogP contribution >= 0.6 is 23.1 Å². The lowest BCUT2D eigenvalue weighted by atomic mass is 10.2. The van der Waals surface area contributed by atoms with Gasteiger partial charge in [-0.05, 0) is 36.1 Å². The molecule has 1 aliphatic rings. The molecule has 27 heavy (non-hydrogen) atoms. The number of hydrogen-bond acceptors (Lipinski definition) is 5. The minimum absolute atomic E-state index is 0.0763. The first-order valence-electron chi connectivity index (χ1n) is 8.94. The number of anilines is 1. The summed E-state index contributed by atoms with van der Waals surface area (Å²) in [4.78, 5) is 22.7. The number of nitrogens with zero attached hydrogens (tertiary/aromatic N) is 3. The normalized spacial score (nSPS) is 15.0. The predicted molar refractivity (Wildman–Crippen MR) is 116 cm³/mol. The summed E-state index contributed by atoms with van der Waals surface area (Å²) >= 11 is 3.48. The number of benzene rings is 2. The van der Waals surface area contributed by atoms with Gasteiger partial charge in [-0.3, -0.25) is 4.79 Å². The molecule has 1 aromatic heterocycles.